The first-order chi connectivity index (χ1) is 7.88. The maximum absolute atomic E-state index is 11.9. The highest BCUT2D eigenvalue weighted by atomic mass is 32.2. The molecule has 0 aromatic carbocycles. The Balaban J connectivity index is 2.98. The van der Waals surface area contributed by atoms with Gasteiger partial charge in [0.15, 0.2) is 0 Å². The van der Waals surface area contributed by atoms with Gasteiger partial charge in [-0.2, -0.15) is 4.72 Å². The van der Waals surface area contributed by atoms with Crippen molar-refractivity contribution in [2.75, 3.05) is 12.8 Å². The topological polar surface area (TPSA) is 114 Å². The van der Waals surface area contributed by atoms with Gasteiger partial charge in [-0.1, -0.05) is 0 Å². The van der Waals surface area contributed by atoms with Gasteiger partial charge >= 0.3 is 0 Å². The second kappa shape index (κ2) is 5.11. The van der Waals surface area contributed by atoms with E-state index in [0.29, 0.717) is 0 Å². The molecule has 1 rings (SSSR count). The predicted octanol–water partition coefficient (Wildman–Crippen LogP) is -0.923. The van der Waals surface area contributed by atoms with E-state index < -0.39 is 22.0 Å². The number of rotatable bonds is 4. The average Bonchev–Trinajstić information content (AvgIpc) is 2.27. The number of nitrogen functional groups attached to an aromatic ring is 1. The number of pyridine rings is 1. The number of anilines is 1. The number of hydrogen-bond acceptors (Lipinski definition) is 5. The summed E-state index contributed by atoms with van der Waals surface area (Å²) < 4.78 is 25.9. The van der Waals surface area contributed by atoms with Crippen LogP contribution in [0.3, 0.4) is 0 Å². The van der Waals surface area contributed by atoms with E-state index in [1.807, 2.05) is 0 Å². The van der Waals surface area contributed by atoms with Gasteiger partial charge in [0, 0.05) is 13.2 Å². The largest absolute Gasteiger partial charge is 0.383 e. The number of hydrogen-bond donors (Lipinski definition) is 3. The summed E-state index contributed by atoms with van der Waals surface area (Å²) in [5.74, 6) is -0.542. The molecule has 0 fully saturated rings. The van der Waals surface area contributed by atoms with Gasteiger partial charge in [-0.15, -0.1) is 0 Å². The fourth-order valence-electron chi connectivity index (χ4n) is 1.20. The monoisotopic (exact) mass is 258 g/mol. The normalized spacial score (nSPS) is 13.1. The van der Waals surface area contributed by atoms with Gasteiger partial charge in [-0.3, -0.25) is 4.79 Å². The lowest BCUT2D eigenvalue weighted by atomic mass is 10.3. The van der Waals surface area contributed by atoms with Gasteiger partial charge in [0.1, 0.15) is 10.7 Å². The van der Waals surface area contributed by atoms with Crippen molar-refractivity contribution in [2.24, 2.45) is 0 Å². The highest BCUT2D eigenvalue weighted by molar-refractivity contribution is 7.89. The molecule has 17 heavy (non-hydrogen) atoms. The third-order valence-corrected chi connectivity index (χ3v) is 3.65. The molecule has 0 saturated heterocycles. The van der Waals surface area contributed by atoms with E-state index in [9.17, 15) is 13.2 Å². The lowest BCUT2D eigenvalue weighted by Crippen LogP contribution is -2.43. The Kier molecular flexibility index (Phi) is 4.02. The average molecular weight is 258 g/mol. The lowest BCUT2D eigenvalue weighted by Gasteiger charge is -2.13. The molecule has 4 N–H and O–H groups in total. The van der Waals surface area contributed by atoms with E-state index in [4.69, 9.17) is 5.73 Å². The van der Waals surface area contributed by atoms with Crippen molar-refractivity contribution in [3.8, 4) is 0 Å². The first-order valence-electron chi connectivity index (χ1n) is 4.83. The summed E-state index contributed by atoms with van der Waals surface area (Å²) in [5.41, 5.74) is 5.46. The summed E-state index contributed by atoms with van der Waals surface area (Å²) in [6.07, 6.45) is 1.39. The predicted molar refractivity (Wildman–Crippen MR) is 62.5 cm³/mol. The minimum atomic E-state index is -3.84. The Hall–Kier alpha value is -1.67. The zero-order valence-electron chi connectivity index (χ0n) is 9.47. The third kappa shape index (κ3) is 3.14. The molecule has 8 heteroatoms. The van der Waals surface area contributed by atoms with Crippen LogP contribution in [0.25, 0.3) is 0 Å². The van der Waals surface area contributed by atoms with Crippen LogP contribution in [0, 0.1) is 0 Å². The summed E-state index contributed by atoms with van der Waals surface area (Å²) in [4.78, 5) is 14.8. The number of nitrogens with two attached hydrogens (primary N) is 1. The number of carbonyl (C=O) groups excluding carboxylic acids is 1. The third-order valence-electron chi connectivity index (χ3n) is 2.06. The number of nitrogens with one attached hydrogen (secondary N) is 2. The second-order valence-electron chi connectivity index (χ2n) is 3.34. The lowest BCUT2D eigenvalue weighted by molar-refractivity contribution is -0.121. The fourth-order valence-corrected chi connectivity index (χ4v) is 2.48. The van der Waals surface area contributed by atoms with Crippen LogP contribution >= 0.6 is 0 Å². The number of amides is 1. The van der Waals surface area contributed by atoms with Crippen LogP contribution in [0.1, 0.15) is 6.92 Å². The molecule has 0 bridgehead atoms. The molecular formula is C9H14N4O3S. The molecule has 0 aliphatic carbocycles. The number of carbonyl (C=O) groups is 1. The van der Waals surface area contributed by atoms with E-state index in [2.05, 4.69) is 15.0 Å². The molecule has 1 amide bonds. The van der Waals surface area contributed by atoms with Gasteiger partial charge < -0.3 is 11.1 Å². The maximum Gasteiger partial charge on any atom is 0.244 e. The molecule has 1 atom stereocenters. The van der Waals surface area contributed by atoms with Crippen molar-refractivity contribution in [1.29, 1.82) is 0 Å². The standard InChI is InChI=1S/C9H14N4O3S/c1-6(9(14)11-2)13-17(15,16)7-4-3-5-12-8(7)10/h3-6,13H,1-2H3,(H2,10,12)(H,11,14). The molecule has 0 aliphatic heterocycles. The number of sulfonamides is 1. The minimum Gasteiger partial charge on any atom is -0.383 e. The Bertz CT molecular complexity index is 515. The smallest absolute Gasteiger partial charge is 0.244 e. The molecular weight excluding hydrogens is 244 g/mol. The van der Waals surface area contributed by atoms with Gasteiger partial charge in [-0.05, 0) is 19.1 Å². The SMILES string of the molecule is CNC(=O)C(C)NS(=O)(=O)c1cccnc1N. The summed E-state index contributed by atoms with van der Waals surface area (Å²) in [6, 6.07) is 1.89. The first-order valence-corrected chi connectivity index (χ1v) is 6.31. The van der Waals surface area contributed by atoms with E-state index in [1.54, 1.807) is 0 Å². The minimum absolute atomic E-state index is 0.107. The van der Waals surface area contributed by atoms with Crippen LogP contribution in [0.5, 0.6) is 0 Å². The van der Waals surface area contributed by atoms with Crippen molar-refractivity contribution in [3.05, 3.63) is 18.3 Å². The number of nitrogens with zero attached hydrogens (tertiary/aromatic N) is 1. The number of likely N-dealkylation sites (N-methyl/N-ethyl adjacent to an activating group) is 1. The van der Waals surface area contributed by atoms with E-state index in [-0.39, 0.29) is 10.7 Å². The Morgan fingerprint density at radius 2 is 2.18 bits per heavy atom. The first kappa shape index (κ1) is 13.4. The highest BCUT2D eigenvalue weighted by Crippen LogP contribution is 2.14. The Labute approximate surface area is 99.5 Å². The molecule has 0 saturated carbocycles. The summed E-state index contributed by atoms with van der Waals surface area (Å²) in [7, 11) is -2.42. The quantitative estimate of drug-likeness (QED) is 0.646. The zero-order chi connectivity index (χ0) is 13.1. The van der Waals surface area contributed by atoms with Crippen LogP contribution in [0.15, 0.2) is 23.2 Å². The molecule has 0 radical (unpaired) electrons. The van der Waals surface area contributed by atoms with Gasteiger partial charge in [0.05, 0.1) is 6.04 Å². The molecule has 7 nitrogen and oxygen atoms in total. The zero-order valence-corrected chi connectivity index (χ0v) is 10.3. The molecule has 0 spiro atoms. The van der Waals surface area contributed by atoms with Gasteiger partial charge in [-0.25, -0.2) is 13.4 Å². The Morgan fingerprint density at radius 1 is 1.53 bits per heavy atom. The second-order valence-corrected chi connectivity index (χ2v) is 5.03. The van der Waals surface area contributed by atoms with Crippen LogP contribution in [0.2, 0.25) is 0 Å². The van der Waals surface area contributed by atoms with Crippen molar-refractivity contribution in [2.45, 2.75) is 17.9 Å². The summed E-state index contributed by atoms with van der Waals surface area (Å²) in [6.45, 7) is 1.43. The van der Waals surface area contributed by atoms with E-state index in [0.717, 1.165) is 0 Å². The molecule has 1 unspecified atom stereocenters. The summed E-state index contributed by atoms with van der Waals surface area (Å²) >= 11 is 0. The molecule has 0 aliphatic rings. The highest BCUT2D eigenvalue weighted by Gasteiger charge is 2.23. The van der Waals surface area contributed by atoms with Gasteiger partial charge in [0.25, 0.3) is 0 Å². The van der Waals surface area contributed by atoms with Crippen LogP contribution < -0.4 is 15.8 Å². The van der Waals surface area contributed by atoms with Gasteiger partial charge in [0.2, 0.25) is 15.9 Å². The van der Waals surface area contributed by atoms with Crippen molar-refractivity contribution < 1.29 is 13.2 Å². The molecule has 1 aromatic rings. The van der Waals surface area contributed by atoms with Crippen LogP contribution in [-0.4, -0.2) is 32.4 Å². The van der Waals surface area contributed by atoms with Crippen molar-refractivity contribution in [3.63, 3.8) is 0 Å². The summed E-state index contributed by atoms with van der Waals surface area (Å²) in [5, 5.41) is 2.34. The molecule has 94 valence electrons. The Morgan fingerprint density at radius 3 is 2.71 bits per heavy atom. The van der Waals surface area contributed by atoms with Crippen molar-refractivity contribution in [1.82, 2.24) is 15.0 Å². The maximum atomic E-state index is 11.9. The van der Waals surface area contributed by atoms with E-state index in [1.165, 1.54) is 32.3 Å². The van der Waals surface area contributed by atoms with Crippen LogP contribution in [0.4, 0.5) is 5.82 Å². The number of aromatic nitrogens is 1. The van der Waals surface area contributed by atoms with E-state index >= 15 is 0 Å². The molecule has 1 aromatic heterocycles. The van der Waals surface area contributed by atoms with Crippen LogP contribution in [-0.2, 0) is 14.8 Å². The fraction of sp³-hybridized carbons (Fsp3) is 0.333. The molecule has 1 heterocycles. The van der Waals surface area contributed by atoms with Crippen molar-refractivity contribution >= 4 is 21.7 Å².